The first kappa shape index (κ1) is 27.8. The SMILES string of the molecule is CCOC(=O)[C@](NC(=O)c1cccc(Cl)c1)(Nc1sc2c(c1C#N)CC[C@H](C(C)(C)C)C2)C(F)(F)F. The molecule has 0 fully saturated rings. The maximum Gasteiger partial charge on any atom is 0.441 e. The lowest BCUT2D eigenvalue weighted by Gasteiger charge is -2.35. The molecule has 0 spiro atoms. The Morgan fingerprint density at radius 1 is 1.28 bits per heavy atom. The molecule has 0 radical (unpaired) electrons. The molecule has 0 saturated carbocycles. The number of carbonyl (C=O) groups is 2. The minimum atomic E-state index is -5.32. The van der Waals surface area contributed by atoms with E-state index in [1.807, 2.05) is 6.07 Å². The maximum absolute atomic E-state index is 14.6. The molecule has 2 N–H and O–H groups in total. The molecule has 3 rings (SSSR count). The molecular weight excluding hydrogens is 515 g/mol. The van der Waals surface area contributed by atoms with Gasteiger partial charge in [0.2, 0.25) is 0 Å². The van der Waals surface area contributed by atoms with Crippen LogP contribution in [0.2, 0.25) is 5.02 Å². The Labute approximate surface area is 216 Å². The molecule has 1 aliphatic rings. The molecule has 0 unspecified atom stereocenters. The van der Waals surface area contributed by atoms with Crippen molar-refractivity contribution in [2.24, 2.45) is 11.3 Å². The first-order chi connectivity index (χ1) is 16.7. The van der Waals surface area contributed by atoms with Crippen LogP contribution in [0.5, 0.6) is 0 Å². The van der Waals surface area contributed by atoms with Gasteiger partial charge in [-0.25, -0.2) is 4.79 Å². The van der Waals surface area contributed by atoms with Gasteiger partial charge in [0.15, 0.2) is 0 Å². The van der Waals surface area contributed by atoms with Gasteiger partial charge < -0.3 is 15.4 Å². The standard InChI is InChI=1S/C25H27ClF3N3O3S/c1-5-35-22(34)24(25(27,28)29,31-20(33)14-7-6-8-16(26)11-14)32-21-18(13-30)17-10-9-15(23(2,3)4)12-19(17)36-21/h6-8,11,15,32H,5,9-10,12H2,1-4H3,(H,31,33)/t15-,24-/m0/s1. The molecule has 1 amide bonds. The van der Waals surface area contributed by atoms with Gasteiger partial charge in [0.05, 0.1) is 12.2 Å². The van der Waals surface area contributed by atoms with Crippen molar-refractivity contribution in [3.05, 3.63) is 50.9 Å². The third kappa shape index (κ3) is 5.47. The number of hydrogen-bond donors (Lipinski definition) is 2. The van der Waals surface area contributed by atoms with E-state index in [0.29, 0.717) is 18.4 Å². The highest BCUT2D eigenvalue weighted by molar-refractivity contribution is 7.16. The van der Waals surface area contributed by atoms with Crippen LogP contribution in [0.15, 0.2) is 24.3 Å². The van der Waals surface area contributed by atoms with E-state index in [2.05, 4.69) is 26.1 Å². The van der Waals surface area contributed by atoms with Gasteiger partial charge in [0.1, 0.15) is 11.1 Å². The lowest BCUT2D eigenvalue weighted by atomic mass is 9.72. The van der Waals surface area contributed by atoms with Crippen molar-refractivity contribution in [2.75, 3.05) is 11.9 Å². The van der Waals surface area contributed by atoms with Crippen LogP contribution in [0, 0.1) is 22.7 Å². The number of halogens is 4. The highest BCUT2D eigenvalue weighted by Gasteiger charge is 2.64. The molecule has 2 atom stereocenters. The molecule has 1 aromatic carbocycles. The van der Waals surface area contributed by atoms with Gasteiger partial charge in [-0.15, -0.1) is 11.3 Å². The fraction of sp³-hybridized carbons (Fsp3) is 0.480. The molecule has 1 aromatic heterocycles. The smallest absolute Gasteiger partial charge is 0.441 e. The molecule has 2 aromatic rings. The summed E-state index contributed by atoms with van der Waals surface area (Å²) >= 11 is 6.89. The number of alkyl halides is 3. The quantitative estimate of drug-likeness (QED) is 0.341. The van der Waals surface area contributed by atoms with Gasteiger partial charge in [-0.2, -0.15) is 18.4 Å². The summed E-state index contributed by atoms with van der Waals surface area (Å²) in [5.74, 6) is -2.65. The number of thiophene rings is 1. The predicted octanol–water partition coefficient (Wildman–Crippen LogP) is 6.09. The van der Waals surface area contributed by atoms with Crippen molar-refractivity contribution in [1.82, 2.24) is 5.32 Å². The van der Waals surface area contributed by atoms with Crippen molar-refractivity contribution in [3.63, 3.8) is 0 Å². The average Bonchev–Trinajstić information content (AvgIpc) is 3.13. The van der Waals surface area contributed by atoms with Gasteiger partial charge in [-0.05, 0) is 61.3 Å². The summed E-state index contributed by atoms with van der Waals surface area (Å²) in [4.78, 5) is 26.5. The Kier molecular flexibility index (Phi) is 7.96. The zero-order valence-electron chi connectivity index (χ0n) is 20.3. The zero-order valence-corrected chi connectivity index (χ0v) is 21.9. The minimum Gasteiger partial charge on any atom is -0.463 e. The molecule has 6 nitrogen and oxygen atoms in total. The van der Waals surface area contributed by atoms with Crippen LogP contribution in [0.3, 0.4) is 0 Å². The minimum absolute atomic E-state index is 0.0202. The zero-order chi connectivity index (χ0) is 26.9. The second-order valence-corrected chi connectivity index (χ2v) is 11.2. The summed E-state index contributed by atoms with van der Waals surface area (Å²) < 4.78 is 48.7. The molecular formula is C25H27ClF3N3O3S. The van der Waals surface area contributed by atoms with E-state index in [0.717, 1.165) is 22.6 Å². The number of anilines is 1. The van der Waals surface area contributed by atoms with Crippen molar-refractivity contribution >= 4 is 39.8 Å². The summed E-state index contributed by atoms with van der Waals surface area (Å²) in [6, 6.07) is 7.30. The first-order valence-electron chi connectivity index (χ1n) is 11.4. The highest BCUT2D eigenvalue weighted by Crippen LogP contribution is 2.45. The number of carbonyl (C=O) groups excluding carboxylic acids is 2. The van der Waals surface area contributed by atoms with Crippen molar-refractivity contribution in [1.29, 1.82) is 5.26 Å². The molecule has 1 aliphatic carbocycles. The first-order valence-corrected chi connectivity index (χ1v) is 12.6. The van der Waals surface area contributed by atoms with Crippen LogP contribution in [0.4, 0.5) is 18.2 Å². The van der Waals surface area contributed by atoms with E-state index in [1.165, 1.54) is 31.2 Å². The predicted molar refractivity (Wildman–Crippen MR) is 132 cm³/mol. The normalized spacial score (nSPS) is 17.4. The molecule has 1 heterocycles. The van der Waals surface area contributed by atoms with Gasteiger partial charge in [0.25, 0.3) is 5.91 Å². The number of ether oxygens (including phenoxy) is 1. The Morgan fingerprint density at radius 3 is 2.53 bits per heavy atom. The van der Waals surface area contributed by atoms with E-state index >= 15 is 0 Å². The van der Waals surface area contributed by atoms with Crippen LogP contribution < -0.4 is 10.6 Å². The van der Waals surface area contributed by atoms with E-state index < -0.39 is 23.7 Å². The molecule has 194 valence electrons. The number of nitrogens with zero attached hydrogens (tertiary/aromatic N) is 1. The largest absolute Gasteiger partial charge is 0.463 e. The van der Waals surface area contributed by atoms with E-state index in [-0.39, 0.29) is 39.1 Å². The number of esters is 1. The number of fused-ring (bicyclic) bond motifs is 1. The van der Waals surface area contributed by atoms with E-state index in [9.17, 15) is 28.0 Å². The van der Waals surface area contributed by atoms with Crippen LogP contribution in [0.1, 0.15) is 60.5 Å². The van der Waals surface area contributed by atoms with Crippen molar-refractivity contribution in [2.45, 2.75) is 58.8 Å². The number of nitriles is 1. The molecule has 0 aliphatic heterocycles. The number of amides is 1. The van der Waals surface area contributed by atoms with Gasteiger partial charge in [-0.3, -0.25) is 4.79 Å². The van der Waals surface area contributed by atoms with Crippen LogP contribution in [-0.4, -0.2) is 30.3 Å². The summed E-state index contributed by atoms with van der Waals surface area (Å²) in [6.45, 7) is 7.30. The second-order valence-electron chi connectivity index (χ2n) is 9.68. The van der Waals surface area contributed by atoms with Crippen molar-refractivity contribution < 1.29 is 27.5 Å². The van der Waals surface area contributed by atoms with Gasteiger partial charge >= 0.3 is 17.8 Å². The third-order valence-corrected chi connectivity index (χ3v) is 7.70. The van der Waals surface area contributed by atoms with Crippen LogP contribution >= 0.6 is 22.9 Å². The maximum atomic E-state index is 14.6. The second kappa shape index (κ2) is 10.3. The lowest BCUT2D eigenvalue weighted by molar-refractivity contribution is -0.204. The fourth-order valence-electron chi connectivity index (χ4n) is 4.20. The van der Waals surface area contributed by atoms with E-state index in [1.54, 1.807) is 5.32 Å². The summed E-state index contributed by atoms with van der Waals surface area (Å²) in [7, 11) is 0. The summed E-state index contributed by atoms with van der Waals surface area (Å²) in [5, 5.41) is 13.8. The average molecular weight is 542 g/mol. The number of nitrogens with one attached hydrogen (secondary N) is 2. The topological polar surface area (TPSA) is 91.2 Å². The summed E-state index contributed by atoms with van der Waals surface area (Å²) in [5.41, 5.74) is -3.12. The summed E-state index contributed by atoms with van der Waals surface area (Å²) in [6.07, 6.45) is -3.40. The molecule has 0 bridgehead atoms. The fourth-order valence-corrected chi connectivity index (χ4v) is 5.73. The number of rotatable bonds is 6. The van der Waals surface area contributed by atoms with Crippen LogP contribution in [0.25, 0.3) is 0 Å². The lowest BCUT2D eigenvalue weighted by Crippen LogP contribution is -2.69. The Balaban J connectivity index is 2.09. The van der Waals surface area contributed by atoms with Crippen molar-refractivity contribution in [3.8, 4) is 6.07 Å². The monoisotopic (exact) mass is 541 g/mol. The molecule has 0 saturated heterocycles. The molecule has 11 heteroatoms. The number of benzene rings is 1. The van der Waals surface area contributed by atoms with E-state index in [4.69, 9.17) is 16.3 Å². The Morgan fingerprint density at radius 2 is 1.97 bits per heavy atom. The Hall–Kier alpha value is -2.77. The van der Waals surface area contributed by atoms with Gasteiger partial charge in [0, 0.05) is 15.5 Å². The Bertz CT molecular complexity index is 1200. The van der Waals surface area contributed by atoms with Gasteiger partial charge in [-0.1, -0.05) is 38.4 Å². The number of hydrogen-bond acceptors (Lipinski definition) is 6. The van der Waals surface area contributed by atoms with Crippen LogP contribution in [-0.2, 0) is 22.4 Å². The highest BCUT2D eigenvalue weighted by atomic mass is 35.5. The third-order valence-electron chi connectivity index (χ3n) is 6.30. The molecule has 36 heavy (non-hydrogen) atoms.